The van der Waals surface area contributed by atoms with E-state index in [4.69, 9.17) is 22.2 Å². The smallest absolute Gasteiger partial charge is 0.335 e. The summed E-state index contributed by atoms with van der Waals surface area (Å²) in [7, 11) is 0. The first kappa shape index (κ1) is 9.77. The van der Waals surface area contributed by atoms with Crippen molar-refractivity contribution >= 4 is 34.2 Å². The van der Waals surface area contributed by atoms with Crippen LogP contribution in [0.5, 0.6) is 0 Å². The van der Waals surface area contributed by atoms with Crippen LogP contribution in [-0.2, 0) is 0 Å². The van der Waals surface area contributed by atoms with Crippen LogP contribution in [-0.4, -0.2) is 16.1 Å². The van der Waals surface area contributed by atoms with Gasteiger partial charge in [-0.2, -0.15) is 0 Å². The van der Waals surface area contributed by atoms with Crippen LogP contribution in [0.4, 0.5) is 0 Å². The number of nitrogens with zero attached hydrogens (tertiary/aromatic N) is 2. The van der Waals surface area contributed by atoms with Gasteiger partial charge in [-0.3, -0.25) is 0 Å². The van der Waals surface area contributed by atoms with Crippen LogP contribution in [0.3, 0.4) is 0 Å². The van der Waals surface area contributed by atoms with Crippen molar-refractivity contribution in [2.75, 3.05) is 0 Å². The highest BCUT2D eigenvalue weighted by atomic mass is 35.7. The Morgan fingerprint density at radius 1 is 1.14 bits per heavy atom. The van der Waals surface area contributed by atoms with E-state index in [0.29, 0.717) is 0 Å². The predicted molar refractivity (Wildman–Crippen MR) is 61.2 cm³/mol. The van der Waals surface area contributed by atoms with Gasteiger partial charge in [0.2, 0.25) is 0 Å². The number of hydrogen-bond acceptors (Lipinski definition) is 1. The van der Waals surface area contributed by atoms with E-state index in [1.54, 1.807) is 23.0 Å². The van der Waals surface area contributed by atoms with Gasteiger partial charge in [-0.05, 0) is 5.19 Å². The maximum Gasteiger partial charge on any atom is 0.390 e. The van der Waals surface area contributed by atoms with Gasteiger partial charge in [0.05, 0.1) is 6.33 Å². The lowest BCUT2D eigenvalue weighted by atomic mass is 10.4. The Kier molecular flexibility index (Phi) is 2.63. The molecule has 14 heavy (non-hydrogen) atoms. The first-order chi connectivity index (χ1) is 6.71. The Morgan fingerprint density at radius 3 is 2.43 bits per heavy atom. The monoisotopic (exact) mass is 242 g/mol. The molecule has 0 unspecified atom stereocenters. The van der Waals surface area contributed by atoms with Gasteiger partial charge in [-0.15, -0.1) is 22.2 Å². The molecule has 2 rings (SSSR count). The van der Waals surface area contributed by atoms with E-state index in [-0.39, 0.29) is 0 Å². The first-order valence-corrected chi connectivity index (χ1v) is 8.10. The van der Waals surface area contributed by atoms with Crippen LogP contribution >= 0.6 is 22.2 Å². The molecule has 0 fully saturated rings. The molecule has 72 valence electrons. The van der Waals surface area contributed by atoms with Crippen molar-refractivity contribution < 1.29 is 0 Å². The van der Waals surface area contributed by atoms with Crippen LogP contribution in [0.1, 0.15) is 0 Å². The van der Waals surface area contributed by atoms with Crippen molar-refractivity contribution in [3.63, 3.8) is 0 Å². The molecule has 0 aliphatic carbocycles. The second-order valence-electron chi connectivity index (χ2n) is 2.88. The second kappa shape index (κ2) is 3.77. The fourth-order valence-electron chi connectivity index (χ4n) is 1.21. The van der Waals surface area contributed by atoms with Crippen molar-refractivity contribution in [3.05, 3.63) is 49.1 Å². The minimum absolute atomic E-state index is 0.960. The molecule has 1 aromatic carbocycles. The van der Waals surface area contributed by atoms with Crippen molar-refractivity contribution in [2.45, 2.75) is 0 Å². The highest BCUT2D eigenvalue weighted by Crippen LogP contribution is 2.16. The Balaban J connectivity index is 2.43. The Morgan fingerprint density at radius 2 is 1.86 bits per heavy atom. The summed E-state index contributed by atoms with van der Waals surface area (Å²) in [6, 6.07) is 9.67. The second-order valence-corrected chi connectivity index (χ2v) is 8.92. The topological polar surface area (TPSA) is 17.8 Å². The van der Waals surface area contributed by atoms with E-state index in [1.807, 2.05) is 30.3 Å². The van der Waals surface area contributed by atoms with Gasteiger partial charge in [0.15, 0.2) is 0 Å². The third-order valence-corrected chi connectivity index (χ3v) is 6.37. The summed E-state index contributed by atoms with van der Waals surface area (Å²) in [6.07, 6.45) is 5.12. The molecule has 0 amide bonds. The summed E-state index contributed by atoms with van der Waals surface area (Å²) in [5.41, 5.74) is 0. The fraction of sp³-hybridized carbons (Fsp3) is 0. The molecule has 0 saturated carbocycles. The summed E-state index contributed by atoms with van der Waals surface area (Å²) >= 11 is 12.7. The molecule has 1 aromatic heterocycles. The molecule has 0 spiro atoms. The molecular weight excluding hydrogens is 235 g/mol. The van der Waals surface area contributed by atoms with E-state index in [0.717, 1.165) is 5.19 Å². The third kappa shape index (κ3) is 1.71. The molecule has 5 heteroatoms. The third-order valence-electron chi connectivity index (χ3n) is 1.95. The molecule has 0 aliphatic rings. The number of hydrogen-bond donors (Lipinski definition) is 0. The summed E-state index contributed by atoms with van der Waals surface area (Å²) in [6.45, 7) is -2.60. The van der Waals surface area contributed by atoms with Crippen molar-refractivity contribution in [3.8, 4) is 0 Å². The maximum atomic E-state index is 6.36. The zero-order valence-corrected chi connectivity index (χ0v) is 9.78. The van der Waals surface area contributed by atoms with Gasteiger partial charge in [0.25, 0.3) is 0 Å². The van der Waals surface area contributed by atoms with E-state index in [9.17, 15) is 0 Å². The SMILES string of the molecule is Cl[Si](Cl)(c1ccccc1)n1ccnc1. The largest absolute Gasteiger partial charge is 0.390 e. The number of rotatable bonds is 2. The highest BCUT2D eigenvalue weighted by Gasteiger charge is 2.33. The van der Waals surface area contributed by atoms with E-state index >= 15 is 0 Å². The van der Waals surface area contributed by atoms with Crippen molar-refractivity contribution in [1.29, 1.82) is 0 Å². The first-order valence-electron chi connectivity index (χ1n) is 4.13. The molecule has 0 aliphatic heterocycles. The molecule has 0 saturated heterocycles. The average Bonchev–Trinajstić information content (AvgIpc) is 2.72. The molecule has 0 radical (unpaired) electrons. The molecular formula is C9H8Cl2N2Si. The molecule has 0 atom stereocenters. The summed E-state index contributed by atoms with van der Waals surface area (Å²) in [5, 5.41) is 0.960. The average molecular weight is 243 g/mol. The minimum Gasteiger partial charge on any atom is -0.335 e. The number of halogens is 2. The molecule has 2 nitrogen and oxygen atoms in total. The van der Waals surface area contributed by atoms with Gasteiger partial charge < -0.3 is 4.23 Å². The number of imidazole rings is 1. The van der Waals surface area contributed by atoms with E-state index in [2.05, 4.69) is 4.98 Å². The van der Waals surface area contributed by atoms with Crippen LogP contribution in [0.25, 0.3) is 0 Å². The summed E-state index contributed by atoms with van der Waals surface area (Å²) < 4.78 is 1.78. The van der Waals surface area contributed by atoms with Crippen LogP contribution in [0, 0.1) is 0 Å². The van der Waals surface area contributed by atoms with Gasteiger partial charge in [0, 0.05) is 12.4 Å². The zero-order valence-electron chi connectivity index (χ0n) is 7.27. The summed E-state index contributed by atoms with van der Waals surface area (Å²) in [4.78, 5) is 3.94. The lowest BCUT2D eigenvalue weighted by molar-refractivity contribution is 1.18. The van der Waals surface area contributed by atoms with Crippen molar-refractivity contribution in [2.24, 2.45) is 0 Å². The fourth-order valence-corrected chi connectivity index (χ4v) is 3.93. The van der Waals surface area contributed by atoms with E-state index < -0.39 is 6.86 Å². The lowest BCUT2D eigenvalue weighted by Gasteiger charge is -2.17. The quantitative estimate of drug-likeness (QED) is 0.583. The molecule has 2 aromatic rings. The van der Waals surface area contributed by atoms with Gasteiger partial charge in [0.1, 0.15) is 0 Å². The normalized spacial score (nSPS) is 11.6. The Hall–Kier alpha value is -0.773. The summed E-state index contributed by atoms with van der Waals surface area (Å²) in [5.74, 6) is 0. The zero-order chi connectivity index (χ0) is 10.0. The van der Waals surface area contributed by atoms with Gasteiger partial charge >= 0.3 is 6.86 Å². The number of aromatic nitrogens is 2. The number of benzene rings is 1. The van der Waals surface area contributed by atoms with Crippen LogP contribution < -0.4 is 5.19 Å². The van der Waals surface area contributed by atoms with Crippen LogP contribution in [0.2, 0.25) is 0 Å². The van der Waals surface area contributed by atoms with E-state index in [1.165, 1.54) is 0 Å². The Labute approximate surface area is 92.6 Å². The predicted octanol–water partition coefficient (Wildman–Crippen LogP) is 2.05. The lowest BCUT2D eigenvalue weighted by Crippen LogP contribution is -2.43. The molecule has 0 N–H and O–H groups in total. The maximum absolute atomic E-state index is 6.36. The van der Waals surface area contributed by atoms with Gasteiger partial charge in [-0.25, -0.2) is 4.98 Å². The van der Waals surface area contributed by atoms with Crippen molar-refractivity contribution in [1.82, 2.24) is 9.22 Å². The standard InChI is InChI=1S/C9H8Cl2N2Si/c10-14(11,13-7-6-12-8-13)9-4-2-1-3-5-9/h1-8H. The Bertz CT molecular complexity index is 400. The van der Waals surface area contributed by atoms with Crippen LogP contribution in [0.15, 0.2) is 49.1 Å². The molecule has 1 heterocycles. The highest BCUT2D eigenvalue weighted by molar-refractivity contribution is 7.50. The van der Waals surface area contributed by atoms with Gasteiger partial charge in [-0.1, -0.05) is 30.3 Å². The minimum atomic E-state index is -2.60. The molecule has 0 bridgehead atoms.